The Morgan fingerprint density at radius 2 is 2.38 bits per heavy atom. The maximum Gasteiger partial charge on any atom is 0.382 e. The van der Waals surface area contributed by atoms with E-state index in [0.717, 1.165) is 13.0 Å². The van der Waals surface area contributed by atoms with Crippen LogP contribution in [0.15, 0.2) is 0 Å². The monoisotopic (exact) mass is 357 g/mol. The molecule has 0 radical (unpaired) electrons. The maximum absolute atomic E-state index is 10.7. The summed E-state index contributed by atoms with van der Waals surface area (Å²) >= 11 is 5.76. The zero-order valence-electron chi connectivity index (χ0n) is 8.78. The molecule has 0 aromatic heterocycles. The standard InChI is InChI=1S/C8H13Br2N3O3/c1-12(4-6-2-3-16-5-6)7(11)8(9,10)13(14)15/h6,11H,2-5H2,1H3. The Balaban J connectivity index is 2.55. The van der Waals surface area contributed by atoms with Gasteiger partial charge in [0.1, 0.15) is 0 Å². The molecule has 0 aliphatic carbocycles. The van der Waals surface area contributed by atoms with Crippen LogP contribution in [0.3, 0.4) is 0 Å². The Hall–Kier alpha value is -0.210. The van der Waals surface area contributed by atoms with Gasteiger partial charge in [0.25, 0.3) is 0 Å². The zero-order valence-corrected chi connectivity index (χ0v) is 12.0. The van der Waals surface area contributed by atoms with Crippen molar-refractivity contribution >= 4 is 37.7 Å². The third-order valence-corrected chi connectivity index (χ3v) is 3.78. The van der Waals surface area contributed by atoms with Crippen LogP contribution in [0.5, 0.6) is 0 Å². The Bertz CT molecular complexity index is 292. The van der Waals surface area contributed by atoms with E-state index in [4.69, 9.17) is 10.1 Å². The summed E-state index contributed by atoms with van der Waals surface area (Å²) in [5, 5.41) is 18.5. The molecule has 1 saturated heterocycles. The minimum atomic E-state index is -1.70. The number of nitro groups is 1. The van der Waals surface area contributed by atoms with E-state index in [9.17, 15) is 10.1 Å². The number of alkyl halides is 2. The van der Waals surface area contributed by atoms with Gasteiger partial charge in [0.15, 0.2) is 5.84 Å². The highest BCUT2D eigenvalue weighted by Gasteiger charge is 2.44. The molecule has 1 fully saturated rings. The third kappa shape index (κ3) is 3.14. The lowest BCUT2D eigenvalue weighted by molar-refractivity contribution is -0.487. The molecule has 0 amide bonds. The number of hydrogen-bond donors (Lipinski definition) is 1. The summed E-state index contributed by atoms with van der Waals surface area (Å²) in [4.78, 5) is 11.7. The number of amidine groups is 1. The van der Waals surface area contributed by atoms with Gasteiger partial charge in [-0.1, -0.05) is 0 Å². The molecule has 0 spiro atoms. The summed E-state index contributed by atoms with van der Waals surface area (Å²) < 4.78 is 3.52. The van der Waals surface area contributed by atoms with Crippen molar-refractivity contribution in [3.05, 3.63) is 10.1 Å². The SMILES string of the molecule is CN(CC1CCOC1)C(=N)C(Br)(Br)[N+](=O)[O-]. The molecule has 92 valence electrons. The lowest BCUT2D eigenvalue weighted by atomic mass is 10.1. The number of halogens is 2. The molecule has 1 atom stereocenters. The van der Waals surface area contributed by atoms with Crippen LogP contribution in [-0.4, -0.2) is 45.8 Å². The maximum atomic E-state index is 10.7. The molecule has 1 rings (SSSR count). The van der Waals surface area contributed by atoms with E-state index in [2.05, 4.69) is 31.9 Å². The summed E-state index contributed by atoms with van der Waals surface area (Å²) in [6.45, 7) is 1.98. The highest BCUT2D eigenvalue weighted by Crippen LogP contribution is 2.29. The van der Waals surface area contributed by atoms with Crippen LogP contribution in [0.1, 0.15) is 6.42 Å². The molecule has 1 unspecified atom stereocenters. The number of nitrogens with one attached hydrogen (secondary N) is 1. The van der Waals surface area contributed by atoms with Crippen molar-refractivity contribution in [1.82, 2.24) is 4.90 Å². The molecule has 1 aliphatic heterocycles. The molecule has 0 aromatic rings. The highest BCUT2D eigenvalue weighted by molar-refractivity contribution is 9.25. The van der Waals surface area contributed by atoms with Gasteiger partial charge in [-0.2, -0.15) is 0 Å². The summed E-state index contributed by atoms with van der Waals surface area (Å²) in [7, 11) is 1.67. The lowest BCUT2D eigenvalue weighted by Gasteiger charge is -2.25. The van der Waals surface area contributed by atoms with E-state index in [1.54, 1.807) is 11.9 Å². The normalized spacial score (nSPS) is 20.8. The first-order valence-electron chi connectivity index (χ1n) is 4.76. The van der Waals surface area contributed by atoms with Crippen molar-refractivity contribution < 1.29 is 9.66 Å². The first-order valence-corrected chi connectivity index (χ1v) is 6.34. The predicted octanol–water partition coefficient (Wildman–Crippen LogP) is 1.65. The van der Waals surface area contributed by atoms with Gasteiger partial charge in [0.2, 0.25) is 0 Å². The van der Waals surface area contributed by atoms with Crippen molar-refractivity contribution in [2.24, 2.45) is 5.92 Å². The molecule has 0 saturated carbocycles. The molecule has 1 aliphatic rings. The Kier molecular flexibility index (Phi) is 4.69. The Morgan fingerprint density at radius 3 is 2.81 bits per heavy atom. The number of likely N-dealkylation sites (N-methyl/N-ethyl adjacent to an activating group) is 1. The van der Waals surface area contributed by atoms with Crippen molar-refractivity contribution in [2.75, 3.05) is 26.8 Å². The minimum Gasteiger partial charge on any atom is -0.381 e. The van der Waals surface area contributed by atoms with Crippen LogP contribution in [0.2, 0.25) is 0 Å². The quantitative estimate of drug-likeness (QED) is 0.207. The first-order chi connectivity index (χ1) is 7.35. The van der Waals surface area contributed by atoms with Gasteiger partial charge < -0.3 is 9.64 Å². The Labute approximate surface area is 110 Å². The van der Waals surface area contributed by atoms with Gasteiger partial charge >= 0.3 is 3.36 Å². The van der Waals surface area contributed by atoms with Crippen molar-refractivity contribution in [3.63, 3.8) is 0 Å². The van der Waals surface area contributed by atoms with E-state index in [0.29, 0.717) is 19.1 Å². The van der Waals surface area contributed by atoms with Crippen LogP contribution < -0.4 is 0 Å². The number of hydrogen-bond acceptors (Lipinski definition) is 4. The number of ether oxygens (including phenoxy) is 1. The molecule has 1 heterocycles. The molecular formula is C8H13Br2N3O3. The highest BCUT2D eigenvalue weighted by atomic mass is 79.9. The molecule has 0 bridgehead atoms. The third-order valence-electron chi connectivity index (χ3n) is 2.45. The molecule has 6 nitrogen and oxygen atoms in total. The van der Waals surface area contributed by atoms with E-state index in [1.165, 1.54) is 0 Å². The van der Waals surface area contributed by atoms with Gasteiger partial charge in [-0.05, 0) is 6.42 Å². The van der Waals surface area contributed by atoms with Gasteiger partial charge in [-0.3, -0.25) is 15.5 Å². The predicted molar refractivity (Wildman–Crippen MR) is 66.9 cm³/mol. The van der Waals surface area contributed by atoms with E-state index >= 15 is 0 Å². The fraction of sp³-hybridized carbons (Fsp3) is 0.875. The second kappa shape index (κ2) is 5.42. The molecule has 8 heteroatoms. The fourth-order valence-corrected chi connectivity index (χ4v) is 2.13. The average molecular weight is 359 g/mol. The number of rotatable bonds is 4. The van der Waals surface area contributed by atoms with Crippen LogP contribution in [0.4, 0.5) is 0 Å². The van der Waals surface area contributed by atoms with Gasteiger partial charge in [-0.15, -0.1) is 0 Å². The van der Waals surface area contributed by atoms with Crippen molar-refractivity contribution in [2.45, 2.75) is 9.78 Å². The van der Waals surface area contributed by atoms with Crippen LogP contribution in [0, 0.1) is 21.4 Å². The van der Waals surface area contributed by atoms with Gasteiger partial charge in [0.05, 0.1) is 11.5 Å². The Morgan fingerprint density at radius 1 is 1.75 bits per heavy atom. The largest absolute Gasteiger partial charge is 0.382 e. The summed E-state index contributed by atoms with van der Waals surface area (Å²) in [6.07, 6.45) is 0.938. The lowest BCUT2D eigenvalue weighted by Crippen LogP contribution is -2.45. The first kappa shape index (κ1) is 13.9. The topological polar surface area (TPSA) is 79.5 Å². The number of nitrogens with zero attached hydrogens (tertiary/aromatic N) is 2. The van der Waals surface area contributed by atoms with Crippen LogP contribution >= 0.6 is 31.9 Å². The molecule has 16 heavy (non-hydrogen) atoms. The van der Waals surface area contributed by atoms with E-state index < -0.39 is 8.28 Å². The molecule has 0 aromatic carbocycles. The van der Waals surface area contributed by atoms with E-state index in [1.807, 2.05) is 0 Å². The van der Waals surface area contributed by atoms with Crippen LogP contribution in [0.25, 0.3) is 0 Å². The fourth-order valence-electron chi connectivity index (χ4n) is 1.52. The molecule has 1 N–H and O–H groups in total. The second-order valence-corrected chi connectivity index (χ2v) is 7.12. The summed E-state index contributed by atoms with van der Waals surface area (Å²) in [6, 6.07) is 0. The van der Waals surface area contributed by atoms with Gasteiger partial charge in [-0.25, -0.2) is 0 Å². The second-order valence-electron chi connectivity index (χ2n) is 3.76. The van der Waals surface area contributed by atoms with Crippen LogP contribution in [-0.2, 0) is 4.74 Å². The van der Waals surface area contributed by atoms with Gasteiger partial charge in [0, 0.05) is 58.0 Å². The van der Waals surface area contributed by atoms with Crippen molar-refractivity contribution in [1.29, 1.82) is 5.41 Å². The summed E-state index contributed by atoms with van der Waals surface area (Å²) in [5.41, 5.74) is 0. The van der Waals surface area contributed by atoms with E-state index in [-0.39, 0.29) is 5.84 Å². The van der Waals surface area contributed by atoms with Crippen molar-refractivity contribution in [3.8, 4) is 0 Å². The smallest absolute Gasteiger partial charge is 0.381 e. The summed E-state index contributed by atoms with van der Waals surface area (Å²) in [5.74, 6) is 0.220. The zero-order chi connectivity index (χ0) is 12.3. The molecular weight excluding hydrogens is 346 g/mol. The average Bonchev–Trinajstić information content (AvgIpc) is 2.68. The minimum absolute atomic E-state index is 0.121.